The Hall–Kier alpha value is -2.50. The second-order valence-corrected chi connectivity index (χ2v) is 13.6. The number of benzene rings is 3. The zero-order valence-electron chi connectivity index (χ0n) is 27.6. The van der Waals surface area contributed by atoms with E-state index < -0.39 is 77.4 Å². The summed E-state index contributed by atoms with van der Waals surface area (Å²) in [5.74, 6) is -1.20. The molecule has 0 aromatic heterocycles. The molecule has 12 heteroatoms. The van der Waals surface area contributed by atoms with E-state index in [9.17, 15) is 9.90 Å². The normalized spacial score (nSPS) is 33.7. The van der Waals surface area contributed by atoms with E-state index >= 15 is 0 Å². The first kappa shape index (κ1) is 36.3. The Kier molecular flexibility index (Phi) is 12.7. The van der Waals surface area contributed by atoms with Gasteiger partial charge in [-0.1, -0.05) is 114 Å². The van der Waals surface area contributed by atoms with E-state index in [4.69, 9.17) is 42.6 Å². The SMILES string of the molecule is COC(=O)[C@H](I)[C@@H]1[C@@H](O[C@@H]2[C@@H](O)[C@@H](OC)O[C@@H]3COC(c4ccccc4)O[C@@H]23)O[C@@H](C)[C@H](OCc2ccccc2)[C@H]1OCc1ccccc1. The Morgan fingerprint density at radius 2 is 1.41 bits per heavy atom. The van der Waals surface area contributed by atoms with Crippen molar-refractivity contribution < 1.29 is 52.5 Å². The summed E-state index contributed by atoms with van der Waals surface area (Å²) < 4.78 is 55.0. The number of aliphatic hydroxyl groups excluding tert-OH is 1. The number of hydrogen-bond donors (Lipinski definition) is 1. The Balaban J connectivity index is 1.32. The minimum absolute atomic E-state index is 0.178. The molecule has 49 heavy (non-hydrogen) atoms. The average Bonchev–Trinajstić information content (AvgIpc) is 3.14. The summed E-state index contributed by atoms with van der Waals surface area (Å²) in [6, 6.07) is 29.1. The number of methoxy groups -OCH3 is 2. The summed E-state index contributed by atoms with van der Waals surface area (Å²) in [5.41, 5.74) is 2.75. The van der Waals surface area contributed by atoms with E-state index in [1.165, 1.54) is 14.2 Å². The van der Waals surface area contributed by atoms with Crippen LogP contribution in [-0.2, 0) is 60.6 Å². The first-order chi connectivity index (χ1) is 23.9. The maximum absolute atomic E-state index is 13.3. The van der Waals surface area contributed by atoms with Crippen LogP contribution in [0.3, 0.4) is 0 Å². The molecule has 3 heterocycles. The van der Waals surface area contributed by atoms with Crippen LogP contribution < -0.4 is 0 Å². The molecule has 3 aromatic rings. The molecule has 3 aromatic carbocycles. The molecule has 12 atom stereocenters. The third kappa shape index (κ3) is 8.52. The number of halogens is 1. The number of esters is 1. The molecule has 0 aliphatic carbocycles. The number of ether oxygens (including phenoxy) is 9. The van der Waals surface area contributed by atoms with Crippen LogP contribution in [0.1, 0.15) is 29.9 Å². The van der Waals surface area contributed by atoms with Gasteiger partial charge in [0.25, 0.3) is 0 Å². The number of fused-ring (bicyclic) bond motifs is 1. The first-order valence-electron chi connectivity index (χ1n) is 16.4. The molecule has 3 aliphatic heterocycles. The largest absolute Gasteiger partial charge is 0.468 e. The third-order valence-electron chi connectivity index (χ3n) is 9.07. The van der Waals surface area contributed by atoms with Crippen LogP contribution in [0, 0.1) is 5.92 Å². The van der Waals surface area contributed by atoms with E-state index in [2.05, 4.69) is 22.6 Å². The van der Waals surface area contributed by atoms with Crippen molar-refractivity contribution in [2.75, 3.05) is 20.8 Å². The summed E-state index contributed by atoms with van der Waals surface area (Å²) in [5, 5.41) is 11.6. The second kappa shape index (κ2) is 17.1. The summed E-state index contributed by atoms with van der Waals surface area (Å²) in [7, 11) is 2.79. The van der Waals surface area contributed by atoms with E-state index in [0.717, 1.165) is 16.7 Å². The van der Waals surface area contributed by atoms with Crippen molar-refractivity contribution in [3.05, 3.63) is 108 Å². The van der Waals surface area contributed by atoms with Gasteiger partial charge in [0.15, 0.2) is 18.9 Å². The summed E-state index contributed by atoms with van der Waals surface area (Å²) in [4.78, 5) is 13.3. The third-order valence-corrected chi connectivity index (χ3v) is 10.4. The van der Waals surface area contributed by atoms with Crippen LogP contribution in [0.2, 0.25) is 0 Å². The quantitative estimate of drug-likeness (QED) is 0.156. The van der Waals surface area contributed by atoms with Crippen molar-refractivity contribution in [2.45, 2.75) is 85.7 Å². The van der Waals surface area contributed by atoms with Gasteiger partial charge in [0.1, 0.15) is 34.4 Å². The van der Waals surface area contributed by atoms with Gasteiger partial charge in [-0.15, -0.1) is 0 Å². The van der Waals surface area contributed by atoms with Gasteiger partial charge in [0.05, 0.1) is 45.1 Å². The van der Waals surface area contributed by atoms with E-state index in [0.29, 0.717) is 6.61 Å². The lowest BCUT2D eigenvalue weighted by Gasteiger charge is -2.51. The van der Waals surface area contributed by atoms with Gasteiger partial charge in [-0.3, -0.25) is 4.79 Å². The average molecular weight is 791 g/mol. The van der Waals surface area contributed by atoms with Gasteiger partial charge >= 0.3 is 5.97 Å². The highest BCUT2D eigenvalue weighted by Crippen LogP contribution is 2.41. The van der Waals surface area contributed by atoms with Crippen LogP contribution in [-0.4, -0.2) is 91.1 Å². The fourth-order valence-electron chi connectivity index (χ4n) is 6.53. The molecule has 0 radical (unpaired) electrons. The van der Waals surface area contributed by atoms with Crippen LogP contribution in [0.5, 0.6) is 0 Å². The molecular formula is C37H43IO11. The molecular weight excluding hydrogens is 747 g/mol. The summed E-state index contributed by atoms with van der Waals surface area (Å²) in [6.07, 6.45) is -8.21. The molecule has 0 spiro atoms. The Bertz CT molecular complexity index is 1450. The zero-order chi connectivity index (χ0) is 34.3. The summed E-state index contributed by atoms with van der Waals surface area (Å²) in [6.45, 7) is 2.63. The monoisotopic (exact) mass is 790 g/mol. The number of carbonyl (C=O) groups excluding carboxylic acids is 1. The molecule has 3 fully saturated rings. The topological polar surface area (TPSA) is 120 Å². The van der Waals surface area contributed by atoms with Crippen molar-refractivity contribution in [2.24, 2.45) is 5.92 Å². The molecule has 3 saturated heterocycles. The molecule has 0 saturated carbocycles. The maximum Gasteiger partial charge on any atom is 0.319 e. The molecule has 1 unspecified atom stereocenters. The van der Waals surface area contributed by atoms with Gasteiger partial charge < -0.3 is 47.7 Å². The lowest BCUT2D eigenvalue weighted by Crippen LogP contribution is -2.66. The predicted octanol–water partition coefficient (Wildman–Crippen LogP) is 4.73. The van der Waals surface area contributed by atoms with Gasteiger partial charge in [-0.2, -0.15) is 0 Å². The Labute approximate surface area is 300 Å². The minimum Gasteiger partial charge on any atom is -0.468 e. The molecule has 11 nitrogen and oxygen atoms in total. The minimum atomic E-state index is -1.26. The second-order valence-electron chi connectivity index (χ2n) is 12.3. The molecule has 3 aliphatic rings. The zero-order valence-corrected chi connectivity index (χ0v) is 29.8. The highest BCUT2D eigenvalue weighted by molar-refractivity contribution is 14.1. The fraction of sp³-hybridized carbons (Fsp3) is 0.486. The van der Waals surface area contributed by atoms with Gasteiger partial charge in [-0.05, 0) is 18.1 Å². The molecule has 6 rings (SSSR count). The first-order valence-corrected chi connectivity index (χ1v) is 17.6. The van der Waals surface area contributed by atoms with Gasteiger partial charge in [0.2, 0.25) is 0 Å². The standard InChI is InChI=1S/C37H43IO11/c1-22-30(43-19-23-13-7-4-8-14-23)32(44-20-24-15-9-5-10-16-24)27(28(38)34(40)41-2)36(46-22)49-33-29(39)37(42-3)47-26-21-45-35(48-31(26)33)25-17-11-6-12-18-25/h4-18,22,26-33,35-37,39H,19-21H2,1-3H3/t22-,26+,27-,28+,29+,30-,31+,32-,33+,35?,36+,37-/m0/s1. The number of carbonyl (C=O) groups is 1. The van der Waals surface area contributed by atoms with Crippen molar-refractivity contribution in [3.63, 3.8) is 0 Å². The fourth-order valence-corrected chi connectivity index (χ4v) is 7.54. The smallest absolute Gasteiger partial charge is 0.319 e. The maximum atomic E-state index is 13.3. The number of rotatable bonds is 12. The van der Waals surface area contributed by atoms with Crippen LogP contribution >= 0.6 is 22.6 Å². The van der Waals surface area contributed by atoms with Crippen LogP contribution in [0.4, 0.5) is 0 Å². The highest BCUT2D eigenvalue weighted by atomic mass is 127. The van der Waals surface area contributed by atoms with Crippen molar-refractivity contribution in [1.82, 2.24) is 0 Å². The molecule has 0 amide bonds. The van der Waals surface area contributed by atoms with E-state index in [-0.39, 0.29) is 13.2 Å². The number of aliphatic hydroxyl groups is 1. The van der Waals surface area contributed by atoms with Crippen molar-refractivity contribution in [1.29, 1.82) is 0 Å². The molecule has 1 N–H and O–H groups in total. The van der Waals surface area contributed by atoms with E-state index in [1.807, 2.05) is 97.9 Å². The molecule has 0 bridgehead atoms. The Morgan fingerprint density at radius 1 is 0.816 bits per heavy atom. The van der Waals surface area contributed by atoms with Crippen molar-refractivity contribution in [3.8, 4) is 0 Å². The number of hydrogen-bond acceptors (Lipinski definition) is 11. The number of alkyl halides is 1. The summed E-state index contributed by atoms with van der Waals surface area (Å²) >= 11 is 2.05. The predicted molar refractivity (Wildman–Crippen MR) is 184 cm³/mol. The lowest BCUT2D eigenvalue weighted by atomic mass is 9.87. The van der Waals surface area contributed by atoms with Crippen LogP contribution in [0.15, 0.2) is 91.0 Å². The van der Waals surface area contributed by atoms with Gasteiger partial charge in [-0.25, -0.2) is 0 Å². The van der Waals surface area contributed by atoms with Gasteiger partial charge in [0, 0.05) is 12.7 Å². The van der Waals surface area contributed by atoms with Crippen molar-refractivity contribution >= 4 is 28.6 Å². The van der Waals surface area contributed by atoms with Crippen LogP contribution in [0.25, 0.3) is 0 Å². The van der Waals surface area contributed by atoms with E-state index in [1.54, 1.807) is 0 Å². The molecule has 264 valence electrons. The Morgan fingerprint density at radius 3 is 2.00 bits per heavy atom. The highest BCUT2D eigenvalue weighted by Gasteiger charge is 2.56. The lowest BCUT2D eigenvalue weighted by molar-refractivity contribution is -0.388.